The number of benzene rings is 1. The number of aliphatic imine (C=N–C) groups is 1. The van der Waals surface area contributed by atoms with Gasteiger partial charge in [0.25, 0.3) is 0 Å². The first kappa shape index (κ1) is 10.5. The maximum absolute atomic E-state index is 6.10. The number of fused-ring (bicyclic) bond motifs is 1. The lowest BCUT2D eigenvalue weighted by atomic mass is 9.96. The molecule has 1 aromatic rings. The predicted molar refractivity (Wildman–Crippen MR) is 63.4 cm³/mol. The van der Waals surface area contributed by atoms with Gasteiger partial charge in [-0.25, -0.2) is 0 Å². The summed E-state index contributed by atoms with van der Waals surface area (Å²) in [7, 11) is 1.64. The van der Waals surface area contributed by atoms with Crippen LogP contribution < -0.4 is 4.74 Å². The summed E-state index contributed by atoms with van der Waals surface area (Å²) >= 11 is 6.10. The Morgan fingerprint density at radius 3 is 2.93 bits per heavy atom. The van der Waals surface area contributed by atoms with Crippen molar-refractivity contribution in [1.29, 1.82) is 0 Å². The van der Waals surface area contributed by atoms with Gasteiger partial charge in [0.2, 0.25) is 0 Å². The second-order valence-corrected chi connectivity index (χ2v) is 3.98. The molecule has 2 rings (SSSR count). The summed E-state index contributed by atoms with van der Waals surface area (Å²) in [5.74, 6) is 0.757. The monoisotopic (exact) mass is 223 g/mol. The topological polar surface area (TPSA) is 21.6 Å². The molecule has 0 atom stereocenters. The van der Waals surface area contributed by atoms with E-state index in [1.807, 2.05) is 12.1 Å². The molecule has 0 aromatic heterocycles. The maximum atomic E-state index is 6.10. The molecule has 0 spiro atoms. The SMILES string of the molecule is CCC1=NCCc2cc(OC)c(Cl)cc21. The van der Waals surface area contributed by atoms with E-state index in [9.17, 15) is 0 Å². The van der Waals surface area contributed by atoms with Gasteiger partial charge in [0.15, 0.2) is 0 Å². The molecule has 1 aliphatic rings. The van der Waals surface area contributed by atoms with Gasteiger partial charge in [0.1, 0.15) is 5.75 Å². The smallest absolute Gasteiger partial charge is 0.137 e. The van der Waals surface area contributed by atoms with Crippen molar-refractivity contribution >= 4 is 17.3 Å². The fourth-order valence-corrected chi connectivity index (χ4v) is 2.17. The highest BCUT2D eigenvalue weighted by Gasteiger charge is 2.15. The number of hydrogen-bond acceptors (Lipinski definition) is 2. The molecule has 15 heavy (non-hydrogen) atoms. The van der Waals surface area contributed by atoms with Gasteiger partial charge in [-0.2, -0.15) is 0 Å². The van der Waals surface area contributed by atoms with Crippen LogP contribution in [-0.2, 0) is 6.42 Å². The Hall–Kier alpha value is -1.02. The molecule has 0 fully saturated rings. The fourth-order valence-electron chi connectivity index (χ4n) is 1.93. The molecule has 2 nitrogen and oxygen atoms in total. The van der Waals surface area contributed by atoms with Crippen LogP contribution in [0.15, 0.2) is 17.1 Å². The van der Waals surface area contributed by atoms with Crippen molar-refractivity contribution in [1.82, 2.24) is 0 Å². The molecule has 1 aromatic carbocycles. The van der Waals surface area contributed by atoms with E-state index in [4.69, 9.17) is 16.3 Å². The van der Waals surface area contributed by atoms with Crippen molar-refractivity contribution in [3.63, 3.8) is 0 Å². The van der Waals surface area contributed by atoms with E-state index in [0.29, 0.717) is 5.02 Å². The van der Waals surface area contributed by atoms with Crippen molar-refractivity contribution in [3.05, 3.63) is 28.3 Å². The summed E-state index contributed by atoms with van der Waals surface area (Å²) in [6, 6.07) is 4.00. The van der Waals surface area contributed by atoms with Crippen LogP contribution >= 0.6 is 11.6 Å². The van der Waals surface area contributed by atoms with Crippen molar-refractivity contribution in [3.8, 4) is 5.75 Å². The van der Waals surface area contributed by atoms with Crippen LogP contribution in [-0.4, -0.2) is 19.4 Å². The van der Waals surface area contributed by atoms with Crippen LogP contribution in [0.4, 0.5) is 0 Å². The third-order valence-corrected chi connectivity index (χ3v) is 3.00. The van der Waals surface area contributed by atoms with Gasteiger partial charge >= 0.3 is 0 Å². The van der Waals surface area contributed by atoms with Crippen molar-refractivity contribution in [2.45, 2.75) is 19.8 Å². The first-order valence-corrected chi connectivity index (χ1v) is 5.54. The van der Waals surface area contributed by atoms with Crippen LogP contribution in [0.3, 0.4) is 0 Å². The van der Waals surface area contributed by atoms with Gasteiger partial charge in [0.05, 0.1) is 12.1 Å². The summed E-state index contributed by atoms with van der Waals surface area (Å²) in [5.41, 5.74) is 3.64. The lowest BCUT2D eigenvalue weighted by molar-refractivity contribution is 0.414. The van der Waals surface area contributed by atoms with Crippen LogP contribution in [0.25, 0.3) is 0 Å². The number of methoxy groups -OCH3 is 1. The summed E-state index contributed by atoms with van der Waals surface area (Å²) in [6.07, 6.45) is 1.93. The largest absolute Gasteiger partial charge is 0.495 e. The molecule has 3 heteroatoms. The number of ether oxygens (including phenoxy) is 1. The van der Waals surface area contributed by atoms with Gasteiger partial charge < -0.3 is 4.74 Å². The normalized spacial score (nSPS) is 14.5. The van der Waals surface area contributed by atoms with Crippen LogP contribution in [0, 0.1) is 0 Å². The number of rotatable bonds is 2. The molecule has 0 saturated carbocycles. The fraction of sp³-hybridized carbons (Fsp3) is 0.417. The summed E-state index contributed by atoms with van der Waals surface area (Å²) in [5, 5.41) is 0.666. The van der Waals surface area contributed by atoms with E-state index in [0.717, 1.165) is 30.8 Å². The minimum atomic E-state index is 0.666. The third-order valence-electron chi connectivity index (χ3n) is 2.71. The molecule has 80 valence electrons. The molecule has 1 heterocycles. The van der Waals surface area contributed by atoms with Crippen LogP contribution in [0.1, 0.15) is 24.5 Å². The average molecular weight is 224 g/mol. The highest BCUT2D eigenvalue weighted by Crippen LogP contribution is 2.30. The lowest BCUT2D eigenvalue weighted by Gasteiger charge is -2.17. The average Bonchev–Trinajstić information content (AvgIpc) is 2.27. The van der Waals surface area contributed by atoms with Gasteiger partial charge in [-0.05, 0) is 30.5 Å². The number of hydrogen-bond donors (Lipinski definition) is 0. The Bertz CT molecular complexity index is 412. The Morgan fingerprint density at radius 1 is 1.47 bits per heavy atom. The van der Waals surface area contributed by atoms with Gasteiger partial charge in [-0.15, -0.1) is 0 Å². The molecular weight excluding hydrogens is 210 g/mol. The van der Waals surface area contributed by atoms with E-state index in [1.54, 1.807) is 7.11 Å². The predicted octanol–water partition coefficient (Wildman–Crippen LogP) is 3.10. The maximum Gasteiger partial charge on any atom is 0.137 e. The summed E-state index contributed by atoms with van der Waals surface area (Å²) in [4.78, 5) is 4.50. The highest BCUT2D eigenvalue weighted by atomic mass is 35.5. The summed E-state index contributed by atoms with van der Waals surface area (Å²) < 4.78 is 5.21. The zero-order valence-electron chi connectivity index (χ0n) is 9.01. The van der Waals surface area contributed by atoms with Crippen molar-refractivity contribution in [2.75, 3.05) is 13.7 Å². The molecule has 0 aliphatic carbocycles. The van der Waals surface area contributed by atoms with E-state index < -0.39 is 0 Å². The van der Waals surface area contributed by atoms with Gasteiger partial charge in [-0.3, -0.25) is 4.99 Å². The minimum Gasteiger partial charge on any atom is -0.495 e. The second-order valence-electron chi connectivity index (χ2n) is 3.58. The zero-order valence-corrected chi connectivity index (χ0v) is 9.77. The summed E-state index contributed by atoms with van der Waals surface area (Å²) in [6.45, 7) is 2.99. The molecule has 0 radical (unpaired) electrons. The van der Waals surface area contributed by atoms with E-state index >= 15 is 0 Å². The second kappa shape index (κ2) is 4.23. The Morgan fingerprint density at radius 2 is 2.27 bits per heavy atom. The molecule has 0 N–H and O–H groups in total. The van der Waals surface area contributed by atoms with Crippen LogP contribution in [0.2, 0.25) is 5.02 Å². The Kier molecular flexibility index (Phi) is 2.96. The van der Waals surface area contributed by atoms with Gasteiger partial charge in [0, 0.05) is 17.8 Å². The molecule has 0 amide bonds. The highest BCUT2D eigenvalue weighted by molar-refractivity contribution is 6.32. The molecule has 0 unspecified atom stereocenters. The lowest BCUT2D eigenvalue weighted by Crippen LogP contribution is -2.12. The van der Waals surface area contributed by atoms with Gasteiger partial charge in [-0.1, -0.05) is 18.5 Å². The Balaban J connectivity index is 2.52. The zero-order chi connectivity index (χ0) is 10.8. The van der Waals surface area contributed by atoms with Crippen LogP contribution in [0.5, 0.6) is 5.75 Å². The van der Waals surface area contributed by atoms with E-state index in [2.05, 4.69) is 11.9 Å². The third kappa shape index (κ3) is 1.86. The molecule has 1 aliphatic heterocycles. The molecular formula is C12H14ClNO. The Labute approximate surface area is 94.9 Å². The van der Waals surface area contributed by atoms with Crippen molar-refractivity contribution in [2.24, 2.45) is 4.99 Å². The first-order valence-electron chi connectivity index (χ1n) is 5.16. The van der Waals surface area contributed by atoms with E-state index in [-0.39, 0.29) is 0 Å². The molecule has 0 bridgehead atoms. The minimum absolute atomic E-state index is 0.666. The molecule has 0 saturated heterocycles. The number of nitrogens with zero attached hydrogens (tertiary/aromatic N) is 1. The first-order chi connectivity index (χ1) is 7.26. The van der Waals surface area contributed by atoms with E-state index in [1.165, 1.54) is 11.1 Å². The standard InChI is InChI=1S/C12H14ClNO/c1-3-11-9-7-10(13)12(15-2)6-8(9)4-5-14-11/h6-7H,3-5H2,1-2H3. The van der Waals surface area contributed by atoms with Crippen molar-refractivity contribution < 1.29 is 4.74 Å². The quantitative estimate of drug-likeness (QED) is 0.755. The number of halogens is 1.